The van der Waals surface area contributed by atoms with Crippen LogP contribution in [0.4, 0.5) is 5.69 Å². The number of hydrogen-bond donors (Lipinski definition) is 2. The number of H-pyrrole nitrogens is 1. The van der Waals surface area contributed by atoms with Gasteiger partial charge in [-0.3, -0.25) is 19.1 Å². The highest BCUT2D eigenvalue weighted by Gasteiger charge is 2.21. The summed E-state index contributed by atoms with van der Waals surface area (Å²) in [5, 5.41) is 3.01. The number of carbonyl (C=O) groups is 1. The number of pyridine rings is 1. The van der Waals surface area contributed by atoms with Gasteiger partial charge in [0, 0.05) is 12.3 Å². The number of hydrogen-bond acceptors (Lipinski definition) is 5. The van der Waals surface area contributed by atoms with Crippen molar-refractivity contribution in [1.82, 2.24) is 14.5 Å². The highest BCUT2D eigenvalue weighted by Crippen LogP contribution is 2.18. The van der Waals surface area contributed by atoms with Gasteiger partial charge in [-0.2, -0.15) is 0 Å². The summed E-state index contributed by atoms with van der Waals surface area (Å²) in [5.74, 6) is -0.364. The first-order valence-electron chi connectivity index (χ1n) is 9.56. The Morgan fingerprint density at radius 2 is 2.03 bits per heavy atom. The first kappa shape index (κ1) is 19.1. The quantitative estimate of drug-likeness (QED) is 0.705. The lowest BCUT2D eigenvalue weighted by atomic mass is 10.1. The van der Waals surface area contributed by atoms with Gasteiger partial charge in [0.2, 0.25) is 0 Å². The van der Waals surface area contributed by atoms with Crippen molar-refractivity contribution >= 4 is 22.6 Å². The molecule has 2 aromatic heterocycles. The SMILES string of the molecule is Cc1ccc(NC(=O)c2cc3c(=O)[nH]c(=O)n(CC4CCCO4)c3nc2C)cc1. The second kappa shape index (κ2) is 7.63. The molecule has 1 fully saturated rings. The Morgan fingerprint density at radius 1 is 1.28 bits per heavy atom. The van der Waals surface area contributed by atoms with Crippen molar-refractivity contribution in [2.75, 3.05) is 11.9 Å². The number of benzene rings is 1. The van der Waals surface area contributed by atoms with Gasteiger partial charge in [0.15, 0.2) is 0 Å². The summed E-state index contributed by atoms with van der Waals surface area (Å²) in [4.78, 5) is 44.3. The fourth-order valence-electron chi connectivity index (χ4n) is 3.52. The molecule has 1 aromatic carbocycles. The third kappa shape index (κ3) is 3.84. The summed E-state index contributed by atoms with van der Waals surface area (Å²) >= 11 is 0. The molecule has 1 amide bonds. The van der Waals surface area contributed by atoms with E-state index in [0.29, 0.717) is 24.5 Å². The number of nitrogens with one attached hydrogen (secondary N) is 2. The summed E-state index contributed by atoms with van der Waals surface area (Å²) in [5.41, 5.74) is 1.63. The maximum atomic E-state index is 12.8. The fraction of sp³-hybridized carbons (Fsp3) is 0.333. The van der Waals surface area contributed by atoms with E-state index in [9.17, 15) is 14.4 Å². The average molecular weight is 394 g/mol. The Morgan fingerprint density at radius 3 is 2.72 bits per heavy atom. The molecule has 3 aromatic rings. The molecule has 1 atom stereocenters. The zero-order valence-electron chi connectivity index (χ0n) is 16.3. The van der Waals surface area contributed by atoms with Crippen molar-refractivity contribution in [3.05, 3.63) is 68.0 Å². The predicted molar refractivity (Wildman–Crippen MR) is 109 cm³/mol. The van der Waals surface area contributed by atoms with Gasteiger partial charge in [-0.05, 0) is 44.9 Å². The lowest BCUT2D eigenvalue weighted by Gasteiger charge is -2.15. The number of aromatic amines is 1. The van der Waals surface area contributed by atoms with Crippen molar-refractivity contribution in [2.24, 2.45) is 0 Å². The Hall–Kier alpha value is -3.26. The van der Waals surface area contributed by atoms with E-state index in [0.717, 1.165) is 18.4 Å². The second-order valence-electron chi connectivity index (χ2n) is 7.32. The van der Waals surface area contributed by atoms with E-state index in [-0.39, 0.29) is 28.6 Å². The van der Waals surface area contributed by atoms with Crippen LogP contribution < -0.4 is 16.6 Å². The van der Waals surface area contributed by atoms with E-state index < -0.39 is 11.2 Å². The van der Waals surface area contributed by atoms with E-state index in [2.05, 4.69) is 15.3 Å². The molecule has 29 heavy (non-hydrogen) atoms. The number of aromatic nitrogens is 3. The van der Waals surface area contributed by atoms with Crippen LogP contribution in [-0.2, 0) is 11.3 Å². The van der Waals surface area contributed by atoms with Crippen molar-refractivity contribution in [1.29, 1.82) is 0 Å². The van der Waals surface area contributed by atoms with Crippen LogP contribution in [0.3, 0.4) is 0 Å². The molecule has 0 radical (unpaired) electrons. The summed E-state index contributed by atoms with van der Waals surface area (Å²) < 4.78 is 7.03. The van der Waals surface area contributed by atoms with Gasteiger partial charge >= 0.3 is 5.69 Å². The van der Waals surface area contributed by atoms with Crippen molar-refractivity contribution in [2.45, 2.75) is 39.3 Å². The Labute approximate surface area is 166 Å². The van der Waals surface area contributed by atoms with Gasteiger partial charge in [0.25, 0.3) is 11.5 Å². The molecule has 1 aliphatic rings. The van der Waals surface area contributed by atoms with Gasteiger partial charge < -0.3 is 10.1 Å². The predicted octanol–water partition coefficient (Wildman–Crippen LogP) is 2.13. The number of nitrogens with zero attached hydrogens (tertiary/aromatic N) is 2. The van der Waals surface area contributed by atoms with Crippen LogP contribution in [0.25, 0.3) is 11.0 Å². The third-order valence-electron chi connectivity index (χ3n) is 5.12. The largest absolute Gasteiger partial charge is 0.376 e. The number of aryl methyl sites for hydroxylation is 2. The van der Waals surface area contributed by atoms with E-state index in [4.69, 9.17) is 4.74 Å². The normalized spacial score (nSPS) is 16.3. The smallest absolute Gasteiger partial charge is 0.330 e. The molecular weight excluding hydrogens is 372 g/mol. The summed E-state index contributed by atoms with van der Waals surface area (Å²) in [7, 11) is 0. The molecule has 0 aliphatic carbocycles. The van der Waals surface area contributed by atoms with Crippen molar-refractivity contribution in [3.8, 4) is 0 Å². The molecule has 2 N–H and O–H groups in total. The fourth-order valence-corrected chi connectivity index (χ4v) is 3.52. The molecule has 0 saturated carbocycles. The van der Waals surface area contributed by atoms with Gasteiger partial charge in [0.1, 0.15) is 5.65 Å². The average Bonchev–Trinajstić information content (AvgIpc) is 3.19. The molecular formula is C21H22N4O4. The van der Waals surface area contributed by atoms with Gasteiger partial charge in [-0.25, -0.2) is 9.78 Å². The standard InChI is InChI=1S/C21H22N4O4/c1-12-5-7-14(8-6-12)23-19(26)16-10-17-18(22-13(16)2)25(21(28)24-20(17)27)11-15-4-3-9-29-15/h5-8,10,15H,3-4,9,11H2,1-2H3,(H,23,26)(H,24,27,28). The van der Waals surface area contributed by atoms with E-state index in [1.807, 2.05) is 31.2 Å². The molecule has 0 spiro atoms. The zero-order valence-corrected chi connectivity index (χ0v) is 16.3. The molecule has 1 saturated heterocycles. The molecule has 8 nitrogen and oxygen atoms in total. The number of anilines is 1. The van der Waals surface area contributed by atoms with Gasteiger partial charge in [-0.1, -0.05) is 17.7 Å². The van der Waals surface area contributed by atoms with Crippen LogP contribution in [0.2, 0.25) is 0 Å². The van der Waals surface area contributed by atoms with Crippen LogP contribution in [0, 0.1) is 13.8 Å². The molecule has 150 valence electrons. The molecule has 0 bridgehead atoms. The monoisotopic (exact) mass is 394 g/mol. The van der Waals surface area contributed by atoms with E-state index in [1.165, 1.54) is 10.6 Å². The Balaban J connectivity index is 1.74. The van der Waals surface area contributed by atoms with Gasteiger partial charge in [0.05, 0.1) is 29.3 Å². The summed E-state index contributed by atoms with van der Waals surface area (Å²) in [6.07, 6.45) is 1.70. The topological polar surface area (TPSA) is 106 Å². The van der Waals surface area contributed by atoms with Crippen LogP contribution >= 0.6 is 0 Å². The van der Waals surface area contributed by atoms with Crippen LogP contribution in [0.15, 0.2) is 39.9 Å². The van der Waals surface area contributed by atoms with E-state index >= 15 is 0 Å². The first-order chi connectivity index (χ1) is 13.9. The van der Waals surface area contributed by atoms with Crippen molar-refractivity contribution in [3.63, 3.8) is 0 Å². The third-order valence-corrected chi connectivity index (χ3v) is 5.12. The molecule has 1 unspecified atom stereocenters. The number of fused-ring (bicyclic) bond motifs is 1. The first-order valence-corrected chi connectivity index (χ1v) is 9.56. The number of ether oxygens (including phenoxy) is 1. The Kier molecular flexibility index (Phi) is 5.02. The highest BCUT2D eigenvalue weighted by atomic mass is 16.5. The lowest BCUT2D eigenvalue weighted by molar-refractivity contribution is 0.0967. The Bertz CT molecular complexity index is 1190. The maximum Gasteiger partial charge on any atom is 0.330 e. The number of rotatable bonds is 4. The minimum Gasteiger partial charge on any atom is -0.376 e. The highest BCUT2D eigenvalue weighted by molar-refractivity contribution is 6.06. The molecule has 3 heterocycles. The van der Waals surface area contributed by atoms with Crippen LogP contribution in [-0.4, -0.2) is 33.2 Å². The molecule has 4 rings (SSSR count). The minimum absolute atomic E-state index is 0.0894. The second-order valence-corrected chi connectivity index (χ2v) is 7.32. The number of amides is 1. The summed E-state index contributed by atoms with van der Waals surface area (Å²) in [6.45, 7) is 4.63. The number of carbonyl (C=O) groups excluding carboxylic acids is 1. The van der Waals surface area contributed by atoms with Crippen LogP contribution in [0.5, 0.6) is 0 Å². The van der Waals surface area contributed by atoms with Gasteiger partial charge in [-0.15, -0.1) is 0 Å². The van der Waals surface area contributed by atoms with Crippen molar-refractivity contribution < 1.29 is 9.53 Å². The molecule has 1 aliphatic heterocycles. The van der Waals surface area contributed by atoms with Crippen LogP contribution in [0.1, 0.15) is 34.5 Å². The summed E-state index contributed by atoms with van der Waals surface area (Å²) in [6, 6.07) is 8.91. The lowest BCUT2D eigenvalue weighted by Crippen LogP contribution is -2.34. The minimum atomic E-state index is -0.564. The molecule has 8 heteroatoms. The van der Waals surface area contributed by atoms with E-state index in [1.54, 1.807) is 6.92 Å². The zero-order chi connectivity index (χ0) is 20.5. The maximum absolute atomic E-state index is 12.8.